The number of alkyl carbamates (subject to hydrolysis) is 1. The van der Waals surface area contributed by atoms with Crippen molar-refractivity contribution in [3.8, 4) is 0 Å². The fraction of sp³-hybridized carbons (Fsp3) is 0.486. The van der Waals surface area contributed by atoms with E-state index < -0.39 is 23.8 Å². The number of hydrogen-bond donors (Lipinski definition) is 2. The van der Waals surface area contributed by atoms with Gasteiger partial charge in [0.15, 0.2) is 0 Å². The zero-order valence-corrected chi connectivity index (χ0v) is 27.6. The van der Waals surface area contributed by atoms with Crippen LogP contribution in [-0.4, -0.2) is 41.0 Å². The molecule has 2 N–H and O–H groups in total. The van der Waals surface area contributed by atoms with Gasteiger partial charge in [-0.1, -0.05) is 113 Å². The standard InChI is InChI=1S/C37H51N3O4/c1-8-9-10-11-12-15-24-40(35(42)32(26(2)3)39-36(43)44-37(5,6)7)33(29-20-18-27(4)19-21-29)34(41)38-31-23-22-28-16-13-14-17-30(28)25-31/h13-14,16-23,25-26,32-33H,8-12,15,24H2,1-7H3,(H,38,41)(H,39,43). The molecule has 0 saturated carbocycles. The molecule has 44 heavy (non-hydrogen) atoms. The van der Waals surface area contributed by atoms with Crippen molar-refractivity contribution in [2.24, 2.45) is 5.92 Å². The largest absolute Gasteiger partial charge is 0.444 e. The first-order valence-electron chi connectivity index (χ1n) is 16.1. The van der Waals surface area contributed by atoms with Crippen LogP contribution in [0.3, 0.4) is 0 Å². The average molecular weight is 602 g/mol. The highest BCUT2D eigenvalue weighted by molar-refractivity contribution is 6.00. The molecule has 2 atom stereocenters. The van der Waals surface area contributed by atoms with E-state index in [1.807, 2.05) is 87.5 Å². The maximum atomic E-state index is 14.4. The van der Waals surface area contributed by atoms with Crippen molar-refractivity contribution in [3.63, 3.8) is 0 Å². The summed E-state index contributed by atoms with van der Waals surface area (Å²) in [5.74, 6) is -0.841. The maximum Gasteiger partial charge on any atom is 0.408 e. The van der Waals surface area contributed by atoms with Crippen LogP contribution in [0.2, 0.25) is 0 Å². The fourth-order valence-electron chi connectivity index (χ4n) is 5.26. The van der Waals surface area contributed by atoms with Gasteiger partial charge in [0.25, 0.3) is 5.91 Å². The van der Waals surface area contributed by atoms with Gasteiger partial charge in [-0.25, -0.2) is 4.79 Å². The second-order valence-corrected chi connectivity index (χ2v) is 13.0. The molecule has 0 fully saturated rings. The third kappa shape index (κ3) is 10.4. The van der Waals surface area contributed by atoms with E-state index in [1.165, 1.54) is 6.42 Å². The fourth-order valence-corrected chi connectivity index (χ4v) is 5.26. The number of anilines is 1. The summed E-state index contributed by atoms with van der Waals surface area (Å²) in [6.45, 7) is 13.7. The van der Waals surface area contributed by atoms with Gasteiger partial charge in [-0.2, -0.15) is 0 Å². The zero-order chi connectivity index (χ0) is 32.3. The number of amides is 3. The molecule has 7 nitrogen and oxygen atoms in total. The number of rotatable bonds is 14. The topological polar surface area (TPSA) is 87.7 Å². The highest BCUT2D eigenvalue weighted by Gasteiger charge is 2.37. The Labute approximate surface area is 263 Å². The molecule has 7 heteroatoms. The number of benzene rings is 3. The maximum absolute atomic E-state index is 14.4. The zero-order valence-electron chi connectivity index (χ0n) is 27.6. The molecule has 3 rings (SSSR count). The monoisotopic (exact) mass is 601 g/mol. The molecule has 0 heterocycles. The van der Waals surface area contributed by atoms with Crippen LogP contribution < -0.4 is 10.6 Å². The average Bonchev–Trinajstić information content (AvgIpc) is 2.96. The minimum atomic E-state index is -0.896. The van der Waals surface area contributed by atoms with Crippen LogP contribution in [0, 0.1) is 12.8 Å². The van der Waals surface area contributed by atoms with Crippen LogP contribution >= 0.6 is 0 Å². The second-order valence-electron chi connectivity index (χ2n) is 13.0. The lowest BCUT2D eigenvalue weighted by Gasteiger charge is -2.35. The molecule has 3 aromatic carbocycles. The van der Waals surface area contributed by atoms with E-state index >= 15 is 0 Å². The van der Waals surface area contributed by atoms with Crippen molar-refractivity contribution in [3.05, 3.63) is 77.9 Å². The number of unbranched alkanes of at least 4 members (excludes halogenated alkanes) is 5. The van der Waals surface area contributed by atoms with Gasteiger partial charge in [0.2, 0.25) is 5.91 Å². The third-order valence-electron chi connectivity index (χ3n) is 7.61. The lowest BCUT2D eigenvalue weighted by atomic mass is 9.97. The molecular formula is C37H51N3O4. The predicted octanol–water partition coefficient (Wildman–Crippen LogP) is 8.57. The van der Waals surface area contributed by atoms with Crippen LogP contribution in [0.15, 0.2) is 66.7 Å². The third-order valence-corrected chi connectivity index (χ3v) is 7.61. The summed E-state index contributed by atoms with van der Waals surface area (Å²) in [7, 11) is 0. The van der Waals surface area contributed by atoms with Gasteiger partial charge in [0.05, 0.1) is 0 Å². The Bertz CT molecular complexity index is 1380. The molecule has 238 valence electrons. The summed E-state index contributed by atoms with van der Waals surface area (Å²) in [5.41, 5.74) is 1.72. The summed E-state index contributed by atoms with van der Waals surface area (Å²) >= 11 is 0. The highest BCUT2D eigenvalue weighted by Crippen LogP contribution is 2.28. The van der Waals surface area contributed by atoms with E-state index in [0.717, 1.165) is 48.4 Å². The summed E-state index contributed by atoms with van der Waals surface area (Å²) < 4.78 is 5.50. The van der Waals surface area contributed by atoms with E-state index in [-0.39, 0.29) is 17.7 Å². The first kappa shape index (κ1) is 34.6. The highest BCUT2D eigenvalue weighted by atomic mass is 16.6. The molecule has 0 aliphatic rings. The van der Waals surface area contributed by atoms with Gasteiger partial charge in [0.1, 0.15) is 17.7 Å². The number of carbonyl (C=O) groups is 3. The van der Waals surface area contributed by atoms with E-state index in [4.69, 9.17) is 4.74 Å². The molecular weight excluding hydrogens is 550 g/mol. The van der Waals surface area contributed by atoms with Crippen LogP contribution in [0.4, 0.5) is 10.5 Å². The minimum absolute atomic E-state index is 0.232. The normalized spacial score (nSPS) is 12.9. The Hall–Kier alpha value is -3.87. The van der Waals surface area contributed by atoms with Crippen molar-refractivity contribution in [2.75, 3.05) is 11.9 Å². The molecule has 3 aromatic rings. The Balaban J connectivity index is 1.99. The Morgan fingerprint density at radius 1 is 0.841 bits per heavy atom. The molecule has 0 bridgehead atoms. The number of aryl methyl sites for hydroxylation is 1. The number of ether oxygens (including phenoxy) is 1. The molecule has 0 aliphatic heterocycles. The van der Waals surface area contributed by atoms with E-state index in [9.17, 15) is 14.4 Å². The molecule has 0 radical (unpaired) electrons. The van der Waals surface area contributed by atoms with Crippen LogP contribution in [0.5, 0.6) is 0 Å². The van der Waals surface area contributed by atoms with Crippen molar-refractivity contribution in [2.45, 2.75) is 105 Å². The molecule has 0 spiro atoms. The van der Waals surface area contributed by atoms with Gasteiger partial charge in [-0.05, 0) is 68.5 Å². The molecule has 2 unspecified atom stereocenters. The van der Waals surface area contributed by atoms with E-state index in [1.54, 1.807) is 25.7 Å². The summed E-state index contributed by atoms with van der Waals surface area (Å²) in [6, 6.07) is 19.8. The summed E-state index contributed by atoms with van der Waals surface area (Å²) in [5, 5.41) is 8.00. The smallest absolute Gasteiger partial charge is 0.408 e. The Kier molecular flexibility index (Phi) is 12.8. The SMILES string of the molecule is CCCCCCCCN(C(=O)C(NC(=O)OC(C)(C)C)C(C)C)C(C(=O)Nc1ccc2ccccc2c1)c1ccc(C)cc1. The van der Waals surface area contributed by atoms with Crippen LogP contribution in [-0.2, 0) is 14.3 Å². The van der Waals surface area contributed by atoms with Gasteiger partial charge in [-0.15, -0.1) is 0 Å². The predicted molar refractivity (Wildman–Crippen MR) is 180 cm³/mol. The van der Waals surface area contributed by atoms with E-state index in [2.05, 4.69) is 17.6 Å². The number of nitrogens with one attached hydrogen (secondary N) is 2. The van der Waals surface area contributed by atoms with E-state index in [0.29, 0.717) is 17.8 Å². The number of hydrogen-bond acceptors (Lipinski definition) is 4. The Morgan fingerprint density at radius 2 is 1.48 bits per heavy atom. The molecule has 0 aliphatic carbocycles. The first-order valence-corrected chi connectivity index (χ1v) is 16.1. The number of nitrogens with zero attached hydrogens (tertiary/aromatic N) is 1. The lowest BCUT2D eigenvalue weighted by molar-refractivity contribution is -0.141. The molecule has 0 aromatic heterocycles. The first-order chi connectivity index (χ1) is 20.9. The van der Waals surface area contributed by atoms with Crippen molar-refractivity contribution in [1.82, 2.24) is 10.2 Å². The van der Waals surface area contributed by atoms with Gasteiger partial charge in [-0.3, -0.25) is 9.59 Å². The summed E-state index contributed by atoms with van der Waals surface area (Å²) in [4.78, 5) is 43.2. The summed E-state index contributed by atoms with van der Waals surface area (Å²) in [6.07, 6.45) is 5.58. The molecule has 0 saturated heterocycles. The Morgan fingerprint density at radius 3 is 2.11 bits per heavy atom. The number of carbonyl (C=O) groups excluding carboxylic acids is 3. The minimum Gasteiger partial charge on any atom is -0.444 e. The van der Waals surface area contributed by atoms with Gasteiger partial charge < -0.3 is 20.3 Å². The van der Waals surface area contributed by atoms with Crippen LogP contribution in [0.25, 0.3) is 10.8 Å². The lowest BCUT2D eigenvalue weighted by Crippen LogP contribution is -2.54. The van der Waals surface area contributed by atoms with Gasteiger partial charge in [0, 0.05) is 12.2 Å². The molecule has 3 amide bonds. The second kappa shape index (κ2) is 16.3. The van der Waals surface area contributed by atoms with Crippen molar-refractivity contribution < 1.29 is 19.1 Å². The van der Waals surface area contributed by atoms with Crippen molar-refractivity contribution in [1.29, 1.82) is 0 Å². The van der Waals surface area contributed by atoms with Crippen molar-refractivity contribution >= 4 is 34.4 Å². The van der Waals surface area contributed by atoms with Crippen LogP contribution in [0.1, 0.15) is 97.2 Å². The quantitative estimate of drug-likeness (QED) is 0.181. The number of fused-ring (bicyclic) bond motifs is 1. The van der Waals surface area contributed by atoms with Gasteiger partial charge >= 0.3 is 6.09 Å².